The monoisotopic (exact) mass is 106 g/mol. The molecule has 0 radical (unpaired) electrons. The first-order valence-electron chi connectivity index (χ1n) is 1.90. The van der Waals surface area contributed by atoms with E-state index >= 15 is 0 Å². The van der Waals surface area contributed by atoms with Gasteiger partial charge in [-0.3, -0.25) is 0 Å². The van der Waals surface area contributed by atoms with Crippen molar-refractivity contribution in [3.05, 3.63) is 5.59 Å². The summed E-state index contributed by atoms with van der Waals surface area (Å²) in [5.41, 5.74) is 5.34. The Bertz CT molecular complexity index is 38.7. The fourth-order valence-corrected chi connectivity index (χ4v) is 0.118. The number of nitrogens with zero attached hydrogens (tertiary/aromatic N) is 1. The van der Waals surface area contributed by atoms with Crippen LogP contribution in [0.2, 0.25) is 0 Å². The van der Waals surface area contributed by atoms with Crippen LogP contribution in [0.15, 0.2) is 0 Å². The van der Waals surface area contributed by atoms with Crippen molar-refractivity contribution in [1.29, 1.82) is 0 Å². The zero-order chi connectivity index (χ0) is 5.70. The van der Waals surface area contributed by atoms with Gasteiger partial charge in [-0.2, -0.15) is 5.59 Å². The first-order chi connectivity index (χ1) is 3.27. The highest BCUT2D eigenvalue weighted by Gasteiger charge is 1.69. The van der Waals surface area contributed by atoms with Gasteiger partial charge in [0.05, 0.1) is 14.1 Å². The van der Waals surface area contributed by atoms with Gasteiger partial charge in [0.15, 0.2) is 0 Å². The number of nitrogens with one attached hydrogen (secondary N) is 2. The Morgan fingerprint density at radius 2 is 2.29 bits per heavy atom. The molecule has 7 heavy (non-hydrogen) atoms. The number of hydrogen-bond acceptors (Lipinski definition) is 3. The molecule has 44 valence electrons. The molecule has 4 N–H and O–H groups in total. The number of rotatable bonds is 3. The van der Waals surface area contributed by atoms with Crippen LogP contribution in [0.5, 0.6) is 0 Å². The first-order valence-corrected chi connectivity index (χ1v) is 1.90. The SMILES string of the molecule is C[NH+](C)[N-]ONN. The fourth-order valence-electron chi connectivity index (χ4n) is 0.118. The molecule has 0 unspecified atom stereocenters. The molecule has 0 aliphatic carbocycles. The van der Waals surface area contributed by atoms with E-state index in [4.69, 9.17) is 5.84 Å². The van der Waals surface area contributed by atoms with Gasteiger partial charge in [0.2, 0.25) is 0 Å². The maximum Gasteiger partial charge on any atom is 0.0590 e. The summed E-state index contributed by atoms with van der Waals surface area (Å²) >= 11 is 0. The van der Waals surface area contributed by atoms with E-state index in [1.807, 2.05) is 5.59 Å². The average Bonchev–Trinajstić information content (AvgIpc) is 1.61. The minimum atomic E-state index is 0.818. The quantitative estimate of drug-likeness (QED) is 0.281. The zero-order valence-corrected chi connectivity index (χ0v) is 4.43. The van der Waals surface area contributed by atoms with Gasteiger partial charge < -0.3 is 15.5 Å². The van der Waals surface area contributed by atoms with E-state index < -0.39 is 0 Å². The lowest BCUT2D eigenvalue weighted by molar-refractivity contribution is -0.838. The molecule has 0 atom stereocenters. The maximum atomic E-state index is 4.70. The molecule has 0 aromatic carbocycles. The van der Waals surface area contributed by atoms with Crippen LogP contribution in [0.1, 0.15) is 0 Å². The molecule has 0 heterocycles. The van der Waals surface area contributed by atoms with Gasteiger partial charge in [0, 0.05) is 0 Å². The van der Waals surface area contributed by atoms with E-state index in [-0.39, 0.29) is 0 Å². The molecule has 0 aliphatic rings. The molecule has 0 aromatic rings. The van der Waals surface area contributed by atoms with Crippen LogP contribution < -0.4 is 16.4 Å². The second-order valence-electron chi connectivity index (χ2n) is 1.25. The van der Waals surface area contributed by atoms with E-state index in [9.17, 15) is 0 Å². The van der Waals surface area contributed by atoms with Gasteiger partial charge in [0.1, 0.15) is 0 Å². The predicted molar refractivity (Wildman–Crippen MR) is 24.6 cm³/mol. The van der Waals surface area contributed by atoms with Crippen LogP contribution in [0.25, 0.3) is 5.59 Å². The molecular formula is C2H10N4O. The van der Waals surface area contributed by atoms with Crippen molar-refractivity contribution in [2.45, 2.75) is 0 Å². The van der Waals surface area contributed by atoms with Gasteiger partial charge in [-0.15, -0.1) is 0 Å². The zero-order valence-electron chi connectivity index (χ0n) is 4.43. The van der Waals surface area contributed by atoms with E-state index in [1.165, 1.54) is 0 Å². The molecule has 0 aliphatic heterocycles. The molecule has 0 aromatic heterocycles. The standard InChI is InChI=1S/C2H10N4O/c1-6(2)5-7-4-3/h4,6H,3H2,1-2H3. The van der Waals surface area contributed by atoms with Crippen molar-refractivity contribution >= 4 is 0 Å². The summed E-state index contributed by atoms with van der Waals surface area (Å²) in [7, 11) is 3.61. The number of hydrazine groups is 1. The summed E-state index contributed by atoms with van der Waals surface area (Å²) in [5, 5.41) is 0.818. The van der Waals surface area contributed by atoms with Gasteiger partial charge in [-0.1, -0.05) is 0 Å². The Morgan fingerprint density at radius 3 is 2.43 bits per heavy atom. The van der Waals surface area contributed by atoms with E-state index in [0.717, 1.165) is 5.01 Å². The van der Waals surface area contributed by atoms with Crippen molar-refractivity contribution in [1.82, 2.24) is 5.59 Å². The Kier molecular flexibility index (Phi) is 3.86. The van der Waals surface area contributed by atoms with Crippen LogP contribution in [0, 0.1) is 0 Å². The largest absolute Gasteiger partial charge is 0.386 e. The third kappa shape index (κ3) is 5.80. The van der Waals surface area contributed by atoms with Crippen molar-refractivity contribution in [3.8, 4) is 0 Å². The maximum absolute atomic E-state index is 4.70. The summed E-state index contributed by atoms with van der Waals surface area (Å²) in [6, 6.07) is 0. The molecule has 0 saturated carbocycles. The summed E-state index contributed by atoms with van der Waals surface area (Å²) in [4.78, 5) is 4.21. The molecule has 0 saturated heterocycles. The predicted octanol–water partition coefficient (Wildman–Crippen LogP) is -2.27. The number of hydrogen-bond donors (Lipinski definition) is 3. The van der Waals surface area contributed by atoms with Gasteiger partial charge in [-0.05, 0) is 0 Å². The van der Waals surface area contributed by atoms with Gasteiger partial charge >= 0.3 is 0 Å². The van der Waals surface area contributed by atoms with Crippen molar-refractivity contribution in [2.24, 2.45) is 5.84 Å². The molecule has 5 nitrogen and oxygen atoms in total. The van der Waals surface area contributed by atoms with E-state index in [0.29, 0.717) is 0 Å². The Morgan fingerprint density at radius 1 is 1.71 bits per heavy atom. The topological polar surface area (TPSA) is 65.8 Å². The minimum absolute atomic E-state index is 0.818. The molecule has 0 amide bonds. The summed E-state index contributed by atoms with van der Waals surface area (Å²) in [6.07, 6.45) is 0. The van der Waals surface area contributed by atoms with Crippen LogP contribution in [-0.2, 0) is 4.94 Å². The number of nitrogens with two attached hydrogens (primary N) is 1. The Balaban J connectivity index is 2.68. The van der Waals surface area contributed by atoms with Crippen LogP contribution in [0.3, 0.4) is 0 Å². The molecular weight excluding hydrogens is 96.0 g/mol. The minimum Gasteiger partial charge on any atom is -0.386 e. The first kappa shape index (κ1) is 6.80. The van der Waals surface area contributed by atoms with E-state index in [1.54, 1.807) is 14.1 Å². The lowest BCUT2D eigenvalue weighted by atomic mass is 11.2. The highest BCUT2D eigenvalue weighted by atomic mass is 16.8. The Hall–Kier alpha value is -0.200. The lowest BCUT2D eigenvalue weighted by Crippen LogP contribution is -3.01. The summed E-state index contributed by atoms with van der Waals surface area (Å²) < 4.78 is 0. The third-order valence-corrected chi connectivity index (χ3v) is 0.281. The average molecular weight is 106 g/mol. The van der Waals surface area contributed by atoms with Gasteiger partial charge in [0.25, 0.3) is 0 Å². The van der Waals surface area contributed by atoms with Crippen molar-refractivity contribution in [3.63, 3.8) is 0 Å². The molecule has 5 heteroatoms. The van der Waals surface area contributed by atoms with Crippen molar-refractivity contribution < 1.29 is 9.95 Å². The van der Waals surface area contributed by atoms with Gasteiger partial charge in [-0.25, -0.2) is 5.84 Å². The number of quaternary nitrogens is 1. The molecule has 0 bridgehead atoms. The second kappa shape index (κ2) is 3.97. The lowest BCUT2D eigenvalue weighted by Gasteiger charge is -2.20. The van der Waals surface area contributed by atoms with Crippen LogP contribution >= 0.6 is 0 Å². The van der Waals surface area contributed by atoms with Crippen molar-refractivity contribution in [2.75, 3.05) is 14.1 Å². The van der Waals surface area contributed by atoms with E-state index in [2.05, 4.69) is 10.5 Å². The van der Waals surface area contributed by atoms with Crippen LogP contribution in [-0.4, -0.2) is 14.1 Å². The summed E-state index contributed by atoms with van der Waals surface area (Å²) in [6.45, 7) is 0. The van der Waals surface area contributed by atoms with Crippen LogP contribution in [0.4, 0.5) is 0 Å². The second-order valence-corrected chi connectivity index (χ2v) is 1.25. The smallest absolute Gasteiger partial charge is 0.0590 e. The summed E-state index contributed by atoms with van der Waals surface area (Å²) in [5.74, 6) is 4.70. The normalized spacial score (nSPS) is 10.3. The molecule has 0 rings (SSSR count). The molecule has 0 spiro atoms. The highest BCUT2D eigenvalue weighted by molar-refractivity contribution is 4.15. The third-order valence-electron chi connectivity index (χ3n) is 0.281. The Labute approximate surface area is 42.3 Å². The highest BCUT2D eigenvalue weighted by Crippen LogP contribution is 1.59. The fraction of sp³-hybridized carbons (Fsp3) is 1.00. The molecule has 0 fully saturated rings.